The first-order valence-corrected chi connectivity index (χ1v) is 7.06. The minimum absolute atomic E-state index is 0.116. The van der Waals surface area contributed by atoms with Crippen molar-refractivity contribution >= 4 is 23.2 Å². The van der Waals surface area contributed by atoms with E-state index < -0.39 is 0 Å². The molecule has 0 bridgehead atoms. The zero-order valence-electron chi connectivity index (χ0n) is 11.1. The second kappa shape index (κ2) is 6.26. The summed E-state index contributed by atoms with van der Waals surface area (Å²) in [6.07, 6.45) is 4.63. The fourth-order valence-electron chi connectivity index (χ4n) is 2.61. The maximum atomic E-state index is 12.3. The van der Waals surface area contributed by atoms with E-state index in [0.29, 0.717) is 22.2 Å². The average molecular weight is 282 g/mol. The standard InChI is InChI=1S/C14H20ClN3O/c1-9-4-2-3-5-12(9)17-14(19)11-8-10(15)6-7-13(11)18-16/h6-9,12,18H,2-5,16H2,1H3,(H,17,19). The van der Waals surface area contributed by atoms with E-state index in [1.54, 1.807) is 18.2 Å². The van der Waals surface area contributed by atoms with Gasteiger partial charge in [-0.15, -0.1) is 0 Å². The van der Waals surface area contributed by atoms with Gasteiger partial charge in [-0.1, -0.05) is 31.4 Å². The average Bonchev–Trinajstić information content (AvgIpc) is 2.41. The molecule has 0 spiro atoms. The van der Waals surface area contributed by atoms with E-state index in [0.717, 1.165) is 6.42 Å². The summed E-state index contributed by atoms with van der Waals surface area (Å²) in [4.78, 5) is 12.3. The van der Waals surface area contributed by atoms with Gasteiger partial charge in [0.15, 0.2) is 0 Å². The van der Waals surface area contributed by atoms with E-state index in [-0.39, 0.29) is 11.9 Å². The zero-order valence-corrected chi connectivity index (χ0v) is 11.8. The van der Waals surface area contributed by atoms with Gasteiger partial charge < -0.3 is 10.7 Å². The van der Waals surface area contributed by atoms with Crippen molar-refractivity contribution in [3.05, 3.63) is 28.8 Å². The van der Waals surface area contributed by atoms with Gasteiger partial charge in [-0.2, -0.15) is 0 Å². The number of hydrogen-bond acceptors (Lipinski definition) is 3. The quantitative estimate of drug-likeness (QED) is 0.589. The van der Waals surface area contributed by atoms with E-state index in [2.05, 4.69) is 17.7 Å². The van der Waals surface area contributed by atoms with Gasteiger partial charge in [0, 0.05) is 11.1 Å². The molecule has 0 aliphatic heterocycles. The first kappa shape index (κ1) is 14.2. The maximum Gasteiger partial charge on any atom is 0.253 e. The van der Waals surface area contributed by atoms with Crippen molar-refractivity contribution in [1.82, 2.24) is 5.32 Å². The van der Waals surface area contributed by atoms with Crippen LogP contribution in [0.3, 0.4) is 0 Å². The zero-order chi connectivity index (χ0) is 13.8. The highest BCUT2D eigenvalue weighted by Crippen LogP contribution is 2.25. The fraction of sp³-hybridized carbons (Fsp3) is 0.500. The third kappa shape index (κ3) is 3.39. The molecule has 1 fully saturated rings. The molecule has 1 amide bonds. The van der Waals surface area contributed by atoms with Crippen LogP contribution in [0.25, 0.3) is 0 Å². The number of carbonyl (C=O) groups is 1. The van der Waals surface area contributed by atoms with Gasteiger partial charge in [-0.25, -0.2) is 0 Å². The molecule has 2 rings (SSSR count). The summed E-state index contributed by atoms with van der Waals surface area (Å²) in [5.41, 5.74) is 3.61. The molecule has 4 N–H and O–H groups in total. The molecule has 0 aromatic heterocycles. The summed E-state index contributed by atoms with van der Waals surface area (Å²) in [6, 6.07) is 5.29. The minimum Gasteiger partial charge on any atom is -0.349 e. The smallest absolute Gasteiger partial charge is 0.253 e. The Kier molecular flexibility index (Phi) is 4.66. The Labute approximate surface area is 118 Å². The Balaban J connectivity index is 2.13. The lowest BCUT2D eigenvalue weighted by atomic mass is 9.86. The van der Waals surface area contributed by atoms with Crippen LogP contribution >= 0.6 is 11.6 Å². The van der Waals surface area contributed by atoms with Gasteiger partial charge in [0.2, 0.25) is 0 Å². The van der Waals surface area contributed by atoms with Crippen LogP contribution in [0, 0.1) is 5.92 Å². The van der Waals surface area contributed by atoms with Crippen LogP contribution in [0.15, 0.2) is 18.2 Å². The van der Waals surface area contributed by atoms with E-state index in [1.165, 1.54) is 19.3 Å². The first-order chi connectivity index (χ1) is 9.11. The van der Waals surface area contributed by atoms with Crippen molar-refractivity contribution in [2.24, 2.45) is 11.8 Å². The van der Waals surface area contributed by atoms with E-state index in [9.17, 15) is 4.79 Å². The summed E-state index contributed by atoms with van der Waals surface area (Å²) < 4.78 is 0. The number of nitrogens with one attached hydrogen (secondary N) is 2. The van der Waals surface area contributed by atoms with Gasteiger partial charge >= 0.3 is 0 Å². The largest absolute Gasteiger partial charge is 0.349 e. The number of carbonyl (C=O) groups excluding carboxylic acids is 1. The summed E-state index contributed by atoms with van der Waals surface area (Å²) in [7, 11) is 0. The summed E-state index contributed by atoms with van der Waals surface area (Å²) >= 11 is 5.94. The molecule has 5 heteroatoms. The number of hydrazine groups is 1. The van der Waals surface area contributed by atoms with E-state index >= 15 is 0 Å². The van der Waals surface area contributed by atoms with E-state index in [4.69, 9.17) is 17.4 Å². The normalized spacial score (nSPS) is 22.9. The van der Waals surface area contributed by atoms with Crippen LogP contribution in [0.2, 0.25) is 5.02 Å². The minimum atomic E-state index is -0.116. The Bertz CT molecular complexity index is 464. The molecular formula is C14H20ClN3O. The molecule has 1 aliphatic carbocycles. The molecule has 2 unspecified atom stereocenters. The number of benzene rings is 1. The highest BCUT2D eigenvalue weighted by molar-refractivity contribution is 6.31. The molecule has 4 nitrogen and oxygen atoms in total. The second-order valence-electron chi connectivity index (χ2n) is 5.18. The second-order valence-corrected chi connectivity index (χ2v) is 5.61. The number of anilines is 1. The van der Waals surface area contributed by atoms with Gasteiger partial charge in [0.05, 0.1) is 11.3 Å². The molecule has 1 aliphatic rings. The van der Waals surface area contributed by atoms with Crippen molar-refractivity contribution in [2.75, 3.05) is 5.43 Å². The molecule has 1 aromatic carbocycles. The Morgan fingerprint density at radius 3 is 2.79 bits per heavy atom. The fourth-order valence-corrected chi connectivity index (χ4v) is 2.78. The van der Waals surface area contributed by atoms with Crippen molar-refractivity contribution < 1.29 is 4.79 Å². The monoisotopic (exact) mass is 281 g/mol. The van der Waals surface area contributed by atoms with Crippen molar-refractivity contribution in [3.8, 4) is 0 Å². The lowest BCUT2D eigenvalue weighted by Crippen LogP contribution is -2.41. The Hall–Kier alpha value is -1.26. The SMILES string of the molecule is CC1CCCCC1NC(=O)c1cc(Cl)ccc1NN. The van der Waals surface area contributed by atoms with Crippen LogP contribution in [-0.2, 0) is 0 Å². The van der Waals surface area contributed by atoms with Crippen LogP contribution < -0.4 is 16.6 Å². The molecule has 19 heavy (non-hydrogen) atoms. The number of nitrogen functional groups attached to an aromatic ring is 1. The van der Waals surface area contributed by atoms with Gasteiger partial charge in [-0.05, 0) is 37.0 Å². The van der Waals surface area contributed by atoms with Crippen molar-refractivity contribution in [1.29, 1.82) is 0 Å². The van der Waals surface area contributed by atoms with Crippen LogP contribution in [0.1, 0.15) is 43.0 Å². The topological polar surface area (TPSA) is 67.2 Å². The maximum absolute atomic E-state index is 12.3. The van der Waals surface area contributed by atoms with Crippen molar-refractivity contribution in [3.63, 3.8) is 0 Å². The third-order valence-electron chi connectivity index (χ3n) is 3.81. The number of amides is 1. The van der Waals surface area contributed by atoms with Crippen LogP contribution in [-0.4, -0.2) is 11.9 Å². The number of rotatable bonds is 3. The molecular weight excluding hydrogens is 262 g/mol. The number of hydrogen-bond donors (Lipinski definition) is 3. The lowest BCUT2D eigenvalue weighted by Gasteiger charge is -2.29. The van der Waals surface area contributed by atoms with Crippen LogP contribution in [0.5, 0.6) is 0 Å². The van der Waals surface area contributed by atoms with Crippen LogP contribution in [0.4, 0.5) is 5.69 Å². The summed E-state index contributed by atoms with van der Waals surface area (Å²) in [6.45, 7) is 2.18. The highest BCUT2D eigenvalue weighted by atomic mass is 35.5. The number of nitrogens with two attached hydrogens (primary N) is 1. The predicted octanol–water partition coefficient (Wildman–Crippen LogP) is 2.93. The van der Waals surface area contributed by atoms with E-state index in [1.807, 2.05) is 0 Å². The molecule has 0 saturated heterocycles. The molecule has 0 radical (unpaired) electrons. The first-order valence-electron chi connectivity index (χ1n) is 6.69. The van der Waals surface area contributed by atoms with Crippen molar-refractivity contribution in [2.45, 2.75) is 38.6 Å². The molecule has 2 atom stereocenters. The molecule has 104 valence electrons. The Morgan fingerprint density at radius 2 is 2.11 bits per heavy atom. The van der Waals surface area contributed by atoms with Gasteiger partial charge in [-0.3, -0.25) is 10.6 Å². The summed E-state index contributed by atoms with van der Waals surface area (Å²) in [5.74, 6) is 5.83. The lowest BCUT2D eigenvalue weighted by molar-refractivity contribution is 0.0911. The van der Waals surface area contributed by atoms with Gasteiger partial charge in [0.1, 0.15) is 0 Å². The third-order valence-corrected chi connectivity index (χ3v) is 4.04. The van der Waals surface area contributed by atoms with Gasteiger partial charge in [0.25, 0.3) is 5.91 Å². The molecule has 1 aromatic rings. The molecule has 0 heterocycles. The summed E-state index contributed by atoms with van der Waals surface area (Å²) in [5, 5.41) is 3.62. The Morgan fingerprint density at radius 1 is 1.37 bits per heavy atom. The molecule has 1 saturated carbocycles. The number of halogens is 1. The highest BCUT2D eigenvalue weighted by Gasteiger charge is 2.24. The predicted molar refractivity (Wildman–Crippen MR) is 78.1 cm³/mol.